The fourth-order valence-corrected chi connectivity index (χ4v) is 3.81. The molecule has 8 heteroatoms. The Labute approximate surface area is 146 Å². The third-order valence-electron chi connectivity index (χ3n) is 5.06. The molecule has 2 aromatic rings. The van der Waals surface area contributed by atoms with Gasteiger partial charge < -0.3 is 14.2 Å². The summed E-state index contributed by atoms with van der Waals surface area (Å²) in [5, 5.41) is 0. The summed E-state index contributed by atoms with van der Waals surface area (Å²) in [6.45, 7) is 4.99. The molecule has 1 atom stereocenters. The highest BCUT2D eigenvalue weighted by Gasteiger charge is 2.41. The molecule has 7 nitrogen and oxygen atoms in total. The van der Waals surface area contributed by atoms with E-state index >= 15 is 0 Å². The van der Waals surface area contributed by atoms with Crippen LogP contribution in [0.1, 0.15) is 18.5 Å². The molecule has 2 aliphatic heterocycles. The van der Waals surface area contributed by atoms with Crippen molar-refractivity contribution in [3.8, 4) is 0 Å². The number of aromatic nitrogens is 4. The van der Waals surface area contributed by atoms with Crippen molar-refractivity contribution >= 4 is 5.95 Å². The zero-order valence-electron chi connectivity index (χ0n) is 14.4. The summed E-state index contributed by atoms with van der Waals surface area (Å²) >= 11 is 0. The number of hydrogen-bond acceptors (Lipinski definition) is 6. The smallest absolute Gasteiger partial charge is 0.225 e. The van der Waals surface area contributed by atoms with Crippen LogP contribution in [0.15, 0.2) is 24.9 Å². The highest BCUT2D eigenvalue weighted by molar-refractivity contribution is 5.31. The number of imidazole rings is 1. The highest BCUT2D eigenvalue weighted by atomic mass is 19.1. The van der Waals surface area contributed by atoms with Crippen LogP contribution < -0.4 is 4.90 Å². The summed E-state index contributed by atoms with van der Waals surface area (Å²) in [6.07, 6.45) is 8.23. The number of halogens is 1. The molecule has 4 rings (SSSR count). The number of nitrogens with zero attached hydrogens (tertiary/aromatic N) is 6. The Balaban J connectivity index is 1.46. The molecule has 2 aromatic heterocycles. The van der Waals surface area contributed by atoms with Crippen LogP contribution in [0.4, 0.5) is 10.3 Å². The molecule has 25 heavy (non-hydrogen) atoms. The summed E-state index contributed by atoms with van der Waals surface area (Å²) in [4.78, 5) is 17.0. The maximum Gasteiger partial charge on any atom is 0.225 e. The Hall–Kier alpha value is -2.06. The van der Waals surface area contributed by atoms with Gasteiger partial charge in [-0.15, -0.1) is 0 Å². The SMILES string of the molecule is Cn1cncc1CN1CCO[C@]2(CCCN(c3ncc(F)cn3)C2)C1. The van der Waals surface area contributed by atoms with Crippen LogP contribution in [-0.4, -0.2) is 62.8 Å². The number of morpholine rings is 1. The van der Waals surface area contributed by atoms with Crippen LogP contribution in [0.5, 0.6) is 0 Å². The number of aryl methyl sites for hydroxylation is 1. The maximum atomic E-state index is 13.1. The first-order valence-corrected chi connectivity index (χ1v) is 8.68. The lowest BCUT2D eigenvalue weighted by Gasteiger charge is -2.48. The van der Waals surface area contributed by atoms with Gasteiger partial charge in [-0.2, -0.15) is 0 Å². The van der Waals surface area contributed by atoms with Gasteiger partial charge in [-0.3, -0.25) is 4.90 Å². The average Bonchev–Trinajstić information content (AvgIpc) is 3.00. The molecule has 0 saturated carbocycles. The molecule has 2 saturated heterocycles. The van der Waals surface area contributed by atoms with Gasteiger partial charge in [0.05, 0.1) is 43.2 Å². The van der Waals surface area contributed by atoms with Crippen molar-refractivity contribution in [1.29, 1.82) is 0 Å². The van der Waals surface area contributed by atoms with Crippen molar-refractivity contribution in [2.24, 2.45) is 7.05 Å². The van der Waals surface area contributed by atoms with E-state index in [0.29, 0.717) is 5.95 Å². The van der Waals surface area contributed by atoms with Gasteiger partial charge in [-0.1, -0.05) is 0 Å². The van der Waals surface area contributed by atoms with Crippen molar-refractivity contribution in [2.45, 2.75) is 25.0 Å². The molecule has 0 amide bonds. The van der Waals surface area contributed by atoms with Crippen LogP contribution >= 0.6 is 0 Å². The molecule has 2 aliphatic rings. The Morgan fingerprint density at radius 1 is 1.20 bits per heavy atom. The minimum absolute atomic E-state index is 0.215. The molecule has 0 aromatic carbocycles. The molecular formula is C17H23FN6O. The predicted octanol–water partition coefficient (Wildman–Crippen LogP) is 1.22. The van der Waals surface area contributed by atoms with E-state index in [1.54, 1.807) is 0 Å². The first-order valence-electron chi connectivity index (χ1n) is 8.68. The Morgan fingerprint density at radius 2 is 2.04 bits per heavy atom. The molecule has 4 heterocycles. The fourth-order valence-electron chi connectivity index (χ4n) is 3.81. The van der Waals surface area contributed by atoms with Crippen molar-refractivity contribution in [2.75, 3.05) is 37.7 Å². The molecule has 0 bridgehead atoms. The monoisotopic (exact) mass is 346 g/mol. The standard InChI is InChI=1S/C17H23FN6O/c1-22-13-19-9-15(22)10-23-5-6-25-17(11-23)3-2-4-24(12-17)16-20-7-14(18)8-21-16/h7-9,13H,2-6,10-12H2,1H3/t17-/m1/s1. The Kier molecular flexibility index (Phi) is 4.39. The maximum absolute atomic E-state index is 13.1. The van der Waals surface area contributed by atoms with Gasteiger partial charge in [0.1, 0.15) is 0 Å². The number of ether oxygens (including phenoxy) is 1. The average molecular weight is 346 g/mol. The lowest BCUT2D eigenvalue weighted by atomic mass is 9.90. The van der Waals surface area contributed by atoms with Gasteiger partial charge >= 0.3 is 0 Å². The second kappa shape index (κ2) is 6.68. The minimum atomic E-state index is -0.410. The first-order chi connectivity index (χ1) is 12.1. The molecule has 134 valence electrons. The zero-order chi connectivity index (χ0) is 17.3. The largest absolute Gasteiger partial charge is 0.370 e. The fraction of sp³-hybridized carbons (Fsp3) is 0.588. The molecule has 2 fully saturated rings. The van der Waals surface area contributed by atoms with E-state index < -0.39 is 5.82 Å². The predicted molar refractivity (Wildman–Crippen MR) is 90.6 cm³/mol. The van der Waals surface area contributed by atoms with Crippen molar-refractivity contribution in [3.63, 3.8) is 0 Å². The van der Waals surface area contributed by atoms with Gasteiger partial charge in [0.15, 0.2) is 5.82 Å². The summed E-state index contributed by atoms with van der Waals surface area (Å²) in [6, 6.07) is 0. The molecule has 1 spiro atoms. The second-order valence-corrected chi connectivity index (χ2v) is 6.96. The van der Waals surface area contributed by atoms with E-state index in [1.165, 1.54) is 18.1 Å². The quantitative estimate of drug-likeness (QED) is 0.833. The van der Waals surface area contributed by atoms with Gasteiger partial charge in [-0.05, 0) is 12.8 Å². The first kappa shape index (κ1) is 16.4. The summed E-state index contributed by atoms with van der Waals surface area (Å²) < 4.78 is 21.4. The second-order valence-electron chi connectivity index (χ2n) is 6.96. The van der Waals surface area contributed by atoms with Gasteiger partial charge in [-0.25, -0.2) is 19.3 Å². The number of hydrogen-bond donors (Lipinski definition) is 0. The normalized spacial score (nSPS) is 24.8. The van der Waals surface area contributed by atoms with Crippen molar-refractivity contribution in [3.05, 3.63) is 36.4 Å². The van der Waals surface area contributed by atoms with Crippen LogP contribution in [-0.2, 0) is 18.3 Å². The van der Waals surface area contributed by atoms with Gasteiger partial charge in [0.2, 0.25) is 5.95 Å². The zero-order valence-corrected chi connectivity index (χ0v) is 14.4. The molecule has 0 unspecified atom stereocenters. The topological polar surface area (TPSA) is 59.3 Å². The molecule has 0 N–H and O–H groups in total. The minimum Gasteiger partial charge on any atom is -0.370 e. The number of piperidine rings is 1. The van der Waals surface area contributed by atoms with Crippen molar-refractivity contribution < 1.29 is 9.13 Å². The Bertz CT molecular complexity index is 716. The number of anilines is 1. The highest BCUT2D eigenvalue weighted by Crippen LogP contribution is 2.31. The van der Waals surface area contributed by atoms with E-state index in [2.05, 4.69) is 29.3 Å². The van der Waals surface area contributed by atoms with Gasteiger partial charge in [0, 0.05) is 39.4 Å². The lowest BCUT2D eigenvalue weighted by molar-refractivity contribution is -0.116. The van der Waals surface area contributed by atoms with Crippen LogP contribution in [0.3, 0.4) is 0 Å². The van der Waals surface area contributed by atoms with E-state index in [0.717, 1.165) is 52.2 Å². The number of rotatable bonds is 3. The third kappa shape index (κ3) is 3.50. The van der Waals surface area contributed by atoms with Crippen molar-refractivity contribution in [1.82, 2.24) is 24.4 Å². The van der Waals surface area contributed by atoms with E-state index in [9.17, 15) is 4.39 Å². The Morgan fingerprint density at radius 3 is 2.80 bits per heavy atom. The third-order valence-corrected chi connectivity index (χ3v) is 5.06. The summed E-state index contributed by atoms with van der Waals surface area (Å²) in [7, 11) is 2.02. The lowest BCUT2D eigenvalue weighted by Crippen LogP contribution is -2.59. The van der Waals surface area contributed by atoms with E-state index in [-0.39, 0.29) is 5.60 Å². The van der Waals surface area contributed by atoms with Crippen LogP contribution in [0.2, 0.25) is 0 Å². The van der Waals surface area contributed by atoms with Crippen LogP contribution in [0.25, 0.3) is 0 Å². The molecular weight excluding hydrogens is 323 g/mol. The van der Waals surface area contributed by atoms with E-state index in [4.69, 9.17) is 4.74 Å². The van der Waals surface area contributed by atoms with E-state index in [1.807, 2.05) is 19.6 Å². The summed E-state index contributed by atoms with van der Waals surface area (Å²) in [5.41, 5.74) is 0.985. The molecule has 0 aliphatic carbocycles. The molecule has 0 radical (unpaired) electrons. The van der Waals surface area contributed by atoms with Crippen LogP contribution in [0, 0.1) is 5.82 Å². The van der Waals surface area contributed by atoms with Gasteiger partial charge in [0.25, 0.3) is 0 Å². The summed E-state index contributed by atoms with van der Waals surface area (Å²) in [5.74, 6) is 0.166.